The van der Waals surface area contributed by atoms with Gasteiger partial charge < -0.3 is 10.6 Å². The van der Waals surface area contributed by atoms with Crippen molar-refractivity contribution < 1.29 is 9.18 Å². The van der Waals surface area contributed by atoms with Crippen molar-refractivity contribution in [3.63, 3.8) is 0 Å². The van der Waals surface area contributed by atoms with Gasteiger partial charge >= 0.3 is 0 Å². The lowest BCUT2D eigenvalue weighted by molar-refractivity contribution is 0.0779. The molecular weight excluding hydrogens is 235 g/mol. The molecule has 1 heterocycles. The average molecular weight is 248 g/mol. The van der Waals surface area contributed by atoms with Gasteiger partial charge in [-0.1, -0.05) is 18.2 Å². The molecule has 0 fully saturated rings. The molecule has 0 spiro atoms. The highest BCUT2D eigenvalue weighted by atomic mass is 19.1. The van der Waals surface area contributed by atoms with Gasteiger partial charge in [-0.2, -0.15) is 5.10 Å². The lowest BCUT2D eigenvalue weighted by Gasteiger charge is -2.16. The quantitative estimate of drug-likeness (QED) is 0.862. The van der Waals surface area contributed by atoms with Crippen molar-refractivity contribution in [3.05, 3.63) is 47.5 Å². The van der Waals surface area contributed by atoms with E-state index in [1.165, 1.54) is 17.2 Å². The highest BCUT2D eigenvalue weighted by Crippen LogP contribution is 2.13. The minimum Gasteiger partial charge on any atom is -0.396 e. The Labute approximate surface area is 103 Å². The first-order chi connectivity index (χ1) is 8.59. The van der Waals surface area contributed by atoms with E-state index in [2.05, 4.69) is 10.2 Å². The van der Waals surface area contributed by atoms with Gasteiger partial charge in [0.2, 0.25) is 0 Å². The first-order valence-electron chi connectivity index (χ1n) is 5.37. The molecule has 0 aliphatic heterocycles. The zero-order valence-electron chi connectivity index (χ0n) is 9.85. The maximum atomic E-state index is 13.5. The number of carbonyl (C=O) groups is 1. The van der Waals surface area contributed by atoms with Gasteiger partial charge in [0.15, 0.2) is 0 Å². The number of aromatic nitrogens is 2. The van der Waals surface area contributed by atoms with E-state index in [9.17, 15) is 9.18 Å². The number of nitrogens with two attached hydrogens (primary N) is 1. The van der Waals surface area contributed by atoms with Crippen molar-refractivity contribution in [2.24, 2.45) is 0 Å². The number of anilines is 1. The van der Waals surface area contributed by atoms with Crippen molar-refractivity contribution in [2.75, 3.05) is 12.8 Å². The molecule has 6 heteroatoms. The lowest BCUT2D eigenvalue weighted by atomic mass is 10.2. The summed E-state index contributed by atoms with van der Waals surface area (Å²) in [6, 6.07) is 6.32. The van der Waals surface area contributed by atoms with E-state index in [4.69, 9.17) is 5.73 Å². The summed E-state index contributed by atoms with van der Waals surface area (Å²) in [5.74, 6) is -0.664. The van der Waals surface area contributed by atoms with Gasteiger partial charge in [-0.25, -0.2) is 4.39 Å². The Morgan fingerprint density at radius 1 is 1.50 bits per heavy atom. The number of rotatable bonds is 3. The molecule has 18 heavy (non-hydrogen) atoms. The zero-order chi connectivity index (χ0) is 13.1. The van der Waals surface area contributed by atoms with Crippen molar-refractivity contribution in [1.29, 1.82) is 0 Å². The molecule has 2 rings (SSSR count). The van der Waals surface area contributed by atoms with E-state index >= 15 is 0 Å². The number of carbonyl (C=O) groups excluding carboxylic acids is 1. The fourth-order valence-corrected chi connectivity index (χ4v) is 1.61. The Morgan fingerprint density at radius 2 is 2.22 bits per heavy atom. The summed E-state index contributed by atoms with van der Waals surface area (Å²) in [4.78, 5) is 13.4. The van der Waals surface area contributed by atoms with Crippen LogP contribution in [0, 0.1) is 5.82 Å². The summed E-state index contributed by atoms with van der Waals surface area (Å²) < 4.78 is 13.5. The largest absolute Gasteiger partial charge is 0.396 e. The number of nitrogen functional groups attached to an aromatic ring is 1. The maximum Gasteiger partial charge on any atom is 0.274 e. The third kappa shape index (κ3) is 2.32. The number of nitrogens with one attached hydrogen (secondary N) is 1. The number of aromatic amines is 1. The standard InChI is InChI=1S/C12H13FN4O/c1-17(7-8-4-2-3-5-9(8)13)12(18)11-10(14)6-15-16-11/h2-6H,7,14H2,1H3,(H,15,16). The van der Waals surface area contributed by atoms with E-state index in [0.717, 1.165) is 0 Å². The minimum absolute atomic E-state index is 0.171. The highest BCUT2D eigenvalue weighted by molar-refractivity contribution is 5.96. The van der Waals surface area contributed by atoms with Gasteiger partial charge in [0.25, 0.3) is 5.91 Å². The maximum absolute atomic E-state index is 13.5. The summed E-state index contributed by atoms with van der Waals surface area (Å²) in [7, 11) is 1.58. The summed E-state index contributed by atoms with van der Waals surface area (Å²) in [5, 5.41) is 6.20. The molecule has 1 aromatic carbocycles. The average Bonchev–Trinajstić information content (AvgIpc) is 2.77. The molecule has 0 saturated heterocycles. The number of nitrogens with zero attached hydrogens (tertiary/aromatic N) is 2. The number of H-pyrrole nitrogens is 1. The SMILES string of the molecule is CN(Cc1ccccc1F)C(=O)c1[nH]ncc1N. The van der Waals surface area contributed by atoms with Crippen LogP contribution in [0.1, 0.15) is 16.1 Å². The van der Waals surface area contributed by atoms with Crippen LogP contribution < -0.4 is 5.73 Å². The Bertz CT molecular complexity index is 567. The molecular formula is C12H13FN4O. The topological polar surface area (TPSA) is 75.0 Å². The fraction of sp³-hybridized carbons (Fsp3) is 0.167. The molecule has 1 amide bonds. The number of halogens is 1. The first-order valence-corrected chi connectivity index (χ1v) is 5.37. The van der Waals surface area contributed by atoms with Crippen LogP contribution >= 0.6 is 0 Å². The number of benzene rings is 1. The molecule has 0 bridgehead atoms. The van der Waals surface area contributed by atoms with Crippen LogP contribution in [0.15, 0.2) is 30.5 Å². The molecule has 0 atom stereocenters. The van der Waals surface area contributed by atoms with Crippen LogP contribution in [0.4, 0.5) is 10.1 Å². The fourth-order valence-electron chi connectivity index (χ4n) is 1.61. The second-order valence-corrected chi connectivity index (χ2v) is 3.95. The van der Waals surface area contributed by atoms with Crippen LogP contribution in [0.25, 0.3) is 0 Å². The van der Waals surface area contributed by atoms with Crippen molar-refractivity contribution in [1.82, 2.24) is 15.1 Å². The van der Waals surface area contributed by atoms with Crippen LogP contribution in [0.5, 0.6) is 0 Å². The molecule has 0 aliphatic rings. The monoisotopic (exact) mass is 248 g/mol. The zero-order valence-corrected chi connectivity index (χ0v) is 9.85. The number of hydrogen-bond acceptors (Lipinski definition) is 3. The van der Waals surface area contributed by atoms with Crippen molar-refractivity contribution in [3.8, 4) is 0 Å². The van der Waals surface area contributed by atoms with Crippen LogP contribution in [-0.2, 0) is 6.54 Å². The molecule has 0 radical (unpaired) electrons. The molecule has 94 valence electrons. The van der Waals surface area contributed by atoms with Crippen LogP contribution in [0.3, 0.4) is 0 Å². The third-order valence-electron chi connectivity index (χ3n) is 2.59. The highest BCUT2D eigenvalue weighted by Gasteiger charge is 2.17. The minimum atomic E-state index is -0.338. The van der Waals surface area contributed by atoms with Gasteiger partial charge in [0.05, 0.1) is 11.9 Å². The molecule has 2 aromatic rings. The summed E-state index contributed by atoms with van der Waals surface area (Å²) >= 11 is 0. The Balaban J connectivity index is 2.14. The molecule has 0 saturated carbocycles. The lowest BCUT2D eigenvalue weighted by Crippen LogP contribution is -2.27. The van der Waals surface area contributed by atoms with Gasteiger partial charge in [-0.3, -0.25) is 9.89 Å². The van der Waals surface area contributed by atoms with E-state index in [1.54, 1.807) is 25.2 Å². The van der Waals surface area contributed by atoms with E-state index in [1.807, 2.05) is 0 Å². The van der Waals surface area contributed by atoms with Crippen LogP contribution in [0.2, 0.25) is 0 Å². The van der Waals surface area contributed by atoms with E-state index in [0.29, 0.717) is 5.56 Å². The Hall–Kier alpha value is -2.37. The summed E-state index contributed by atoms with van der Waals surface area (Å²) in [6.45, 7) is 0.171. The predicted molar refractivity (Wildman–Crippen MR) is 65.2 cm³/mol. The Morgan fingerprint density at radius 3 is 2.83 bits per heavy atom. The summed E-state index contributed by atoms with van der Waals surface area (Å²) in [6.07, 6.45) is 1.37. The number of hydrogen-bond donors (Lipinski definition) is 2. The van der Waals surface area contributed by atoms with Gasteiger partial charge in [-0.05, 0) is 6.07 Å². The second kappa shape index (κ2) is 4.87. The van der Waals surface area contributed by atoms with Crippen molar-refractivity contribution >= 4 is 11.6 Å². The van der Waals surface area contributed by atoms with Gasteiger partial charge in [-0.15, -0.1) is 0 Å². The smallest absolute Gasteiger partial charge is 0.274 e. The summed E-state index contributed by atoms with van der Waals surface area (Å²) in [5.41, 5.74) is 6.53. The first kappa shape index (κ1) is 12.1. The predicted octanol–water partition coefficient (Wildman–Crippen LogP) is 1.40. The molecule has 0 aliphatic carbocycles. The number of amides is 1. The molecule has 3 N–H and O–H groups in total. The molecule has 0 unspecified atom stereocenters. The van der Waals surface area contributed by atoms with E-state index < -0.39 is 0 Å². The third-order valence-corrected chi connectivity index (χ3v) is 2.59. The van der Waals surface area contributed by atoms with Crippen LogP contribution in [-0.4, -0.2) is 28.1 Å². The van der Waals surface area contributed by atoms with Gasteiger partial charge in [0.1, 0.15) is 11.5 Å². The molecule has 5 nitrogen and oxygen atoms in total. The normalized spacial score (nSPS) is 10.3. The van der Waals surface area contributed by atoms with Gasteiger partial charge in [0, 0.05) is 19.2 Å². The Kier molecular flexibility index (Phi) is 3.27. The van der Waals surface area contributed by atoms with Crippen molar-refractivity contribution in [2.45, 2.75) is 6.54 Å². The second-order valence-electron chi connectivity index (χ2n) is 3.95. The molecule has 1 aromatic heterocycles. The van der Waals surface area contributed by atoms with E-state index in [-0.39, 0.29) is 29.7 Å².